The molecule has 240 valence electrons. The molecule has 4 aromatic carbocycles. The SMILES string of the molecule is O=[N+]([O-])c1cc(OCC2CO2)cc(S(=O)(=O)c2ccccc2)c1.O=[N+]([O-])c1ccc(OCC2CO2)cc1S(=O)(=O)c1ccccc1. The fourth-order valence-electron chi connectivity index (χ4n) is 4.02. The lowest BCUT2D eigenvalue weighted by Gasteiger charge is -2.09. The third-order valence-electron chi connectivity index (χ3n) is 6.59. The lowest BCUT2D eigenvalue weighted by Crippen LogP contribution is -2.08. The second-order valence-electron chi connectivity index (χ2n) is 9.97. The highest BCUT2D eigenvalue weighted by Crippen LogP contribution is 2.33. The molecule has 0 bridgehead atoms. The van der Waals surface area contributed by atoms with Crippen molar-refractivity contribution in [1.29, 1.82) is 0 Å². The van der Waals surface area contributed by atoms with Crippen LogP contribution in [0.15, 0.2) is 117 Å². The van der Waals surface area contributed by atoms with E-state index in [4.69, 9.17) is 18.9 Å². The molecule has 2 fully saturated rings. The minimum atomic E-state index is -4.01. The molecule has 2 heterocycles. The molecule has 0 aliphatic carbocycles. The zero-order valence-electron chi connectivity index (χ0n) is 23.8. The number of nitrogens with zero attached hydrogens (tertiary/aromatic N) is 2. The Morgan fingerprint density at radius 1 is 0.630 bits per heavy atom. The Morgan fingerprint density at radius 2 is 1.15 bits per heavy atom. The first kappa shape index (κ1) is 32.5. The topological polar surface area (TPSA) is 198 Å². The van der Waals surface area contributed by atoms with Gasteiger partial charge in [0.1, 0.15) is 36.9 Å². The first-order valence-electron chi connectivity index (χ1n) is 13.6. The number of nitro groups is 2. The van der Waals surface area contributed by atoms with Crippen molar-refractivity contribution in [2.24, 2.45) is 0 Å². The molecule has 2 aliphatic rings. The fourth-order valence-corrected chi connectivity index (χ4v) is 6.81. The standard InChI is InChI=1S/2C15H13NO6S/c17-16(18)11-6-12(21-9-13-10-22-13)8-15(7-11)23(19,20)14-4-2-1-3-5-14;17-16(18)14-7-6-11(21-9-12-10-22-12)8-15(14)23(19,20)13-4-2-1-3-5-13/h1-8,13H,9-10H2;1-8,12H,9-10H2. The van der Waals surface area contributed by atoms with Gasteiger partial charge in [0.05, 0.1) is 43.8 Å². The highest BCUT2D eigenvalue weighted by atomic mass is 32.2. The first-order chi connectivity index (χ1) is 21.9. The van der Waals surface area contributed by atoms with Gasteiger partial charge in [-0.25, -0.2) is 16.8 Å². The Labute approximate surface area is 263 Å². The quantitative estimate of drug-likeness (QED) is 0.117. The number of hydrogen-bond acceptors (Lipinski definition) is 12. The Hall–Kier alpha value is -4.90. The van der Waals surface area contributed by atoms with Crippen LogP contribution in [0.1, 0.15) is 0 Å². The van der Waals surface area contributed by atoms with Crippen molar-refractivity contribution >= 4 is 31.0 Å². The van der Waals surface area contributed by atoms with Crippen LogP contribution in [0.3, 0.4) is 0 Å². The van der Waals surface area contributed by atoms with E-state index < -0.39 is 35.2 Å². The van der Waals surface area contributed by atoms with Gasteiger partial charge in [0.2, 0.25) is 19.7 Å². The number of rotatable bonds is 12. The van der Waals surface area contributed by atoms with E-state index in [1.165, 1.54) is 48.5 Å². The average molecular weight is 671 g/mol. The molecule has 6 rings (SSSR count). The highest BCUT2D eigenvalue weighted by molar-refractivity contribution is 7.92. The van der Waals surface area contributed by atoms with E-state index in [-0.39, 0.29) is 62.2 Å². The lowest BCUT2D eigenvalue weighted by atomic mass is 10.3. The van der Waals surface area contributed by atoms with Crippen molar-refractivity contribution in [3.05, 3.63) is 117 Å². The fraction of sp³-hybridized carbons (Fsp3) is 0.200. The number of hydrogen-bond donors (Lipinski definition) is 0. The zero-order chi connectivity index (χ0) is 32.9. The predicted molar refractivity (Wildman–Crippen MR) is 160 cm³/mol. The van der Waals surface area contributed by atoms with Crippen LogP contribution in [0.5, 0.6) is 11.5 Å². The van der Waals surface area contributed by atoms with Gasteiger partial charge < -0.3 is 18.9 Å². The summed E-state index contributed by atoms with van der Waals surface area (Å²) in [4.78, 5) is 20.3. The van der Waals surface area contributed by atoms with Crippen molar-refractivity contribution in [3.63, 3.8) is 0 Å². The van der Waals surface area contributed by atoms with E-state index in [9.17, 15) is 37.1 Å². The van der Waals surface area contributed by atoms with Crippen molar-refractivity contribution in [3.8, 4) is 11.5 Å². The van der Waals surface area contributed by atoms with Crippen molar-refractivity contribution < 1.29 is 45.6 Å². The van der Waals surface area contributed by atoms with Crippen LogP contribution in [0.4, 0.5) is 11.4 Å². The Kier molecular flexibility index (Phi) is 9.62. The van der Waals surface area contributed by atoms with Crippen LogP contribution < -0.4 is 9.47 Å². The first-order valence-corrected chi connectivity index (χ1v) is 16.6. The molecule has 0 radical (unpaired) electrons. The summed E-state index contributed by atoms with van der Waals surface area (Å²) in [6, 6.07) is 22.5. The Balaban J connectivity index is 0.000000181. The molecule has 46 heavy (non-hydrogen) atoms. The minimum absolute atomic E-state index is 0.000581. The van der Waals surface area contributed by atoms with Crippen LogP contribution in [-0.2, 0) is 29.1 Å². The molecule has 2 aliphatic heterocycles. The molecule has 4 aromatic rings. The van der Waals surface area contributed by atoms with Gasteiger partial charge in [-0.15, -0.1) is 0 Å². The monoisotopic (exact) mass is 670 g/mol. The molecule has 16 heteroatoms. The third-order valence-corrected chi connectivity index (χ3v) is 10.1. The predicted octanol–water partition coefficient (Wildman–Crippen LogP) is 4.41. The summed E-state index contributed by atoms with van der Waals surface area (Å²) in [5, 5.41) is 22.2. The number of non-ortho nitro benzene ring substituents is 1. The Bertz CT molecular complexity index is 1950. The highest BCUT2D eigenvalue weighted by Gasteiger charge is 2.29. The normalized spacial score (nSPS) is 16.8. The van der Waals surface area contributed by atoms with E-state index in [0.717, 1.165) is 12.1 Å². The largest absolute Gasteiger partial charge is 0.491 e. The Morgan fingerprint density at radius 3 is 1.65 bits per heavy atom. The number of benzene rings is 4. The van der Waals surface area contributed by atoms with Gasteiger partial charge in [0.25, 0.3) is 11.4 Å². The zero-order valence-corrected chi connectivity index (χ0v) is 25.5. The van der Waals surface area contributed by atoms with Gasteiger partial charge in [0.15, 0.2) is 4.90 Å². The van der Waals surface area contributed by atoms with Gasteiger partial charge in [0, 0.05) is 18.2 Å². The maximum absolute atomic E-state index is 12.7. The van der Waals surface area contributed by atoms with Crippen molar-refractivity contribution in [2.45, 2.75) is 31.8 Å². The second-order valence-corrected chi connectivity index (χ2v) is 13.8. The summed E-state index contributed by atoms with van der Waals surface area (Å²) in [5.74, 6) is 0.379. The van der Waals surface area contributed by atoms with Crippen LogP contribution in [0, 0.1) is 20.2 Å². The van der Waals surface area contributed by atoms with E-state index in [2.05, 4.69) is 0 Å². The molecule has 0 amide bonds. The van der Waals surface area contributed by atoms with Gasteiger partial charge in [-0.05, 0) is 36.4 Å². The number of sulfone groups is 2. The number of epoxide rings is 2. The third kappa shape index (κ3) is 8.02. The van der Waals surface area contributed by atoms with Gasteiger partial charge >= 0.3 is 0 Å². The molecule has 0 N–H and O–H groups in total. The second kappa shape index (κ2) is 13.6. The summed E-state index contributed by atoms with van der Waals surface area (Å²) < 4.78 is 71.4. The summed E-state index contributed by atoms with van der Waals surface area (Å²) in [7, 11) is -7.87. The molecule has 2 unspecified atom stereocenters. The van der Waals surface area contributed by atoms with E-state index in [1.54, 1.807) is 36.4 Å². The van der Waals surface area contributed by atoms with Crippen LogP contribution in [-0.4, -0.2) is 65.3 Å². The van der Waals surface area contributed by atoms with E-state index >= 15 is 0 Å². The maximum atomic E-state index is 12.7. The van der Waals surface area contributed by atoms with E-state index in [1.807, 2.05) is 0 Å². The van der Waals surface area contributed by atoms with Crippen LogP contribution in [0.2, 0.25) is 0 Å². The molecule has 14 nitrogen and oxygen atoms in total. The summed E-state index contributed by atoms with van der Waals surface area (Å²) in [5.41, 5.74) is -0.822. The maximum Gasteiger partial charge on any atom is 0.288 e. The molecular formula is C30H26N2O12S2. The summed E-state index contributed by atoms with van der Waals surface area (Å²) in [6.45, 7) is 1.68. The van der Waals surface area contributed by atoms with Gasteiger partial charge in [-0.1, -0.05) is 36.4 Å². The number of ether oxygens (including phenoxy) is 4. The number of nitro benzene ring substituents is 2. The molecule has 2 saturated heterocycles. The van der Waals surface area contributed by atoms with Gasteiger partial charge in [-0.3, -0.25) is 20.2 Å². The summed E-state index contributed by atoms with van der Waals surface area (Å²) >= 11 is 0. The average Bonchev–Trinajstić information content (AvgIpc) is 4.00. The van der Waals surface area contributed by atoms with Crippen molar-refractivity contribution in [2.75, 3.05) is 26.4 Å². The van der Waals surface area contributed by atoms with Crippen molar-refractivity contribution in [1.82, 2.24) is 0 Å². The molecule has 2 atom stereocenters. The van der Waals surface area contributed by atoms with E-state index in [0.29, 0.717) is 13.2 Å². The molecular weight excluding hydrogens is 644 g/mol. The molecule has 0 aromatic heterocycles. The summed E-state index contributed by atoms with van der Waals surface area (Å²) in [6.07, 6.45) is -0.0391. The van der Waals surface area contributed by atoms with Crippen LogP contribution in [0.25, 0.3) is 0 Å². The smallest absolute Gasteiger partial charge is 0.288 e. The lowest BCUT2D eigenvalue weighted by molar-refractivity contribution is -0.387. The minimum Gasteiger partial charge on any atom is -0.491 e. The molecule has 0 spiro atoms. The molecule has 0 saturated carbocycles. The van der Waals surface area contributed by atoms with Gasteiger partial charge in [-0.2, -0.15) is 0 Å². The van der Waals surface area contributed by atoms with Crippen LogP contribution >= 0.6 is 0 Å².